The van der Waals surface area contributed by atoms with Gasteiger partial charge < -0.3 is 14.7 Å². The first-order valence-corrected chi connectivity index (χ1v) is 6.55. The lowest BCUT2D eigenvalue weighted by Crippen LogP contribution is -2.34. The average molecular weight is 265 g/mol. The molecule has 1 saturated heterocycles. The Kier molecular flexibility index (Phi) is 3.87. The van der Waals surface area contributed by atoms with Crippen molar-refractivity contribution >= 4 is 11.9 Å². The third-order valence-electron chi connectivity index (χ3n) is 3.68. The molecule has 0 spiro atoms. The first kappa shape index (κ1) is 13.6. The molecule has 1 aliphatic rings. The van der Waals surface area contributed by atoms with E-state index in [0.29, 0.717) is 44.4 Å². The molecule has 0 amide bonds. The van der Waals surface area contributed by atoms with E-state index in [9.17, 15) is 9.90 Å². The van der Waals surface area contributed by atoms with E-state index in [1.165, 1.54) is 0 Å². The molecule has 0 aliphatic carbocycles. The van der Waals surface area contributed by atoms with Gasteiger partial charge in [0.25, 0.3) is 0 Å². The summed E-state index contributed by atoms with van der Waals surface area (Å²) in [7, 11) is 0. The van der Waals surface area contributed by atoms with Gasteiger partial charge in [0.1, 0.15) is 0 Å². The summed E-state index contributed by atoms with van der Waals surface area (Å²) >= 11 is 0. The van der Waals surface area contributed by atoms with Crippen LogP contribution in [-0.4, -0.2) is 40.7 Å². The average Bonchev–Trinajstić information content (AvgIpc) is 2.85. The quantitative estimate of drug-likeness (QED) is 0.871. The topological polar surface area (TPSA) is 75.5 Å². The van der Waals surface area contributed by atoms with Gasteiger partial charge in [0, 0.05) is 25.4 Å². The summed E-state index contributed by atoms with van der Waals surface area (Å²) in [6.45, 7) is 5.47. The van der Waals surface area contributed by atoms with Gasteiger partial charge in [0.2, 0.25) is 11.8 Å². The predicted molar refractivity (Wildman–Crippen MR) is 70.4 cm³/mol. The van der Waals surface area contributed by atoms with E-state index in [0.717, 1.165) is 0 Å². The molecule has 1 N–H and O–H groups in total. The molecule has 1 atom stereocenters. The fourth-order valence-electron chi connectivity index (χ4n) is 2.37. The van der Waals surface area contributed by atoms with Gasteiger partial charge >= 0.3 is 5.97 Å². The second-order valence-electron chi connectivity index (χ2n) is 4.74. The maximum atomic E-state index is 11.4. The molecule has 6 nitrogen and oxygen atoms in total. The lowest BCUT2D eigenvalue weighted by molar-refractivity contribution is -0.147. The fraction of sp³-hybridized carbons (Fsp3) is 0.615. The Labute approximate surface area is 112 Å². The van der Waals surface area contributed by atoms with E-state index in [2.05, 4.69) is 9.97 Å². The number of carboxylic acids is 1. The molecule has 2 rings (SSSR count). The first-order chi connectivity index (χ1) is 9.11. The van der Waals surface area contributed by atoms with Crippen molar-refractivity contribution in [3.05, 3.63) is 12.3 Å². The third kappa shape index (κ3) is 2.62. The van der Waals surface area contributed by atoms with E-state index in [-0.39, 0.29) is 0 Å². The van der Waals surface area contributed by atoms with Gasteiger partial charge in [-0.1, -0.05) is 6.92 Å². The molecule has 1 aliphatic heterocycles. The highest BCUT2D eigenvalue weighted by Crippen LogP contribution is 2.35. The van der Waals surface area contributed by atoms with Crippen LogP contribution >= 0.6 is 0 Å². The van der Waals surface area contributed by atoms with E-state index in [1.54, 1.807) is 12.3 Å². The standard InChI is InChI=1S/C13H19N3O3/c1-3-13(11(17)18)6-8-16(9-13)12-14-7-5-10(15-12)19-4-2/h5,7H,3-4,6,8-9H2,1-2H3,(H,17,18). The van der Waals surface area contributed by atoms with Crippen LogP contribution in [0.1, 0.15) is 26.7 Å². The van der Waals surface area contributed by atoms with Gasteiger partial charge in [0.15, 0.2) is 0 Å². The minimum absolute atomic E-state index is 0.453. The summed E-state index contributed by atoms with van der Waals surface area (Å²) in [5, 5.41) is 9.38. The number of carbonyl (C=O) groups is 1. The molecular formula is C13H19N3O3. The van der Waals surface area contributed by atoms with Gasteiger partial charge in [-0.25, -0.2) is 4.98 Å². The smallest absolute Gasteiger partial charge is 0.311 e. The Morgan fingerprint density at radius 2 is 2.37 bits per heavy atom. The Hall–Kier alpha value is -1.85. The molecule has 0 bridgehead atoms. The highest BCUT2D eigenvalue weighted by molar-refractivity contribution is 5.76. The van der Waals surface area contributed by atoms with Crippen LogP contribution in [0.5, 0.6) is 5.88 Å². The maximum absolute atomic E-state index is 11.4. The minimum Gasteiger partial charge on any atom is -0.481 e. The number of aliphatic carboxylic acids is 1. The Morgan fingerprint density at radius 3 is 2.95 bits per heavy atom. The number of anilines is 1. The fourth-order valence-corrected chi connectivity index (χ4v) is 2.37. The van der Waals surface area contributed by atoms with Crippen molar-refractivity contribution in [3.63, 3.8) is 0 Å². The van der Waals surface area contributed by atoms with Crippen LogP contribution in [0, 0.1) is 5.41 Å². The number of ether oxygens (including phenoxy) is 1. The van der Waals surface area contributed by atoms with Crippen molar-refractivity contribution < 1.29 is 14.6 Å². The van der Waals surface area contributed by atoms with Crippen LogP contribution < -0.4 is 9.64 Å². The van der Waals surface area contributed by atoms with E-state index in [1.807, 2.05) is 18.7 Å². The first-order valence-electron chi connectivity index (χ1n) is 6.55. The summed E-state index contributed by atoms with van der Waals surface area (Å²) in [6, 6.07) is 1.70. The van der Waals surface area contributed by atoms with Crippen molar-refractivity contribution in [3.8, 4) is 5.88 Å². The van der Waals surface area contributed by atoms with Crippen LogP contribution in [0.4, 0.5) is 5.95 Å². The number of nitrogens with zero attached hydrogens (tertiary/aromatic N) is 3. The third-order valence-corrected chi connectivity index (χ3v) is 3.68. The van der Waals surface area contributed by atoms with Crippen LogP contribution in [0.3, 0.4) is 0 Å². The SMILES string of the molecule is CCOc1ccnc(N2CCC(CC)(C(=O)O)C2)n1. The molecule has 1 fully saturated rings. The number of hydrogen-bond donors (Lipinski definition) is 1. The highest BCUT2D eigenvalue weighted by atomic mass is 16.5. The number of aromatic nitrogens is 2. The van der Waals surface area contributed by atoms with E-state index in [4.69, 9.17) is 4.74 Å². The van der Waals surface area contributed by atoms with Crippen LogP contribution in [0.15, 0.2) is 12.3 Å². The number of rotatable bonds is 5. The predicted octanol–water partition coefficient (Wildman–Crippen LogP) is 1.57. The maximum Gasteiger partial charge on any atom is 0.311 e. The number of hydrogen-bond acceptors (Lipinski definition) is 5. The van der Waals surface area contributed by atoms with Gasteiger partial charge in [-0.2, -0.15) is 4.98 Å². The minimum atomic E-state index is -0.738. The van der Waals surface area contributed by atoms with Gasteiger partial charge in [-0.3, -0.25) is 4.79 Å². The second-order valence-corrected chi connectivity index (χ2v) is 4.74. The Morgan fingerprint density at radius 1 is 1.58 bits per heavy atom. The summed E-state index contributed by atoms with van der Waals surface area (Å²) in [5.74, 6) is 0.331. The zero-order valence-corrected chi connectivity index (χ0v) is 11.3. The zero-order valence-electron chi connectivity index (χ0n) is 11.3. The molecule has 19 heavy (non-hydrogen) atoms. The number of carboxylic acid groups (broad SMARTS) is 1. The van der Waals surface area contributed by atoms with E-state index < -0.39 is 11.4 Å². The summed E-state index contributed by atoms with van der Waals surface area (Å²) in [5.41, 5.74) is -0.676. The molecule has 104 valence electrons. The summed E-state index contributed by atoms with van der Waals surface area (Å²) < 4.78 is 5.34. The van der Waals surface area contributed by atoms with Crippen LogP contribution in [0.25, 0.3) is 0 Å². The lowest BCUT2D eigenvalue weighted by Gasteiger charge is -2.23. The van der Waals surface area contributed by atoms with Crippen molar-refractivity contribution in [1.29, 1.82) is 0 Å². The molecule has 2 heterocycles. The summed E-state index contributed by atoms with van der Waals surface area (Å²) in [6.07, 6.45) is 2.88. The summed E-state index contributed by atoms with van der Waals surface area (Å²) in [4.78, 5) is 21.8. The van der Waals surface area contributed by atoms with Crippen molar-refractivity contribution in [2.24, 2.45) is 5.41 Å². The van der Waals surface area contributed by atoms with Gasteiger partial charge in [-0.05, 0) is 19.8 Å². The zero-order chi connectivity index (χ0) is 13.9. The molecule has 1 unspecified atom stereocenters. The van der Waals surface area contributed by atoms with Crippen molar-refractivity contribution in [1.82, 2.24) is 9.97 Å². The van der Waals surface area contributed by atoms with Crippen LogP contribution in [0.2, 0.25) is 0 Å². The largest absolute Gasteiger partial charge is 0.481 e. The molecule has 0 saturated carbocycles. The highest BCUT2D eigenvalue weighted by Gasteiger charge is 2.44. The van der Waals surface area contributed by atoms with Crippen LogP contribution in [-0.2, 0) is 4.79 Å². The molecule has 6 heteroatoms. The van der Waals surface area contributed by atoms with Crippen molar-refractivity contribution in [2.45, 2.75) is 26.7 Å². The van der Waals surface area contributed by atoms with Gasteiger partial charge in [0.05, 0.1) is 12.0 Å². The normalized spacial score (nSPS) is 22.5. The molecule has 0 aromatic carbocycles. The lowest BCUT2D eigenvalue weighted by atomic mass is 9.84. The van der Waals surface area contributed by atoms with E-state index >= 15 is 0 Å². The van der Waals surface area contributed by atoms with Crippen molar-refractivity contribution in [2.75, 3.05) is 24.6 Å². The Balaban J connectivity index is 2.16. The Bertz CT molecular complexity index is 466. The molecular weight excluding hydrogens is 246 g/mol. The second kappa shape index (κ2) is 5.42. The monoisotopic (exact) mass is 265 g/mol. The molecule has 1 aromatic heterocycles. The molecule has 0 radical (unpaired) electrons. The van der Waals surface area contributed by atoms with Gasteiger partial charge in [-0.15, -0.1) is 0 Å². The molecule has 1 aromatic rings.